The van der Waals surface area contributed by atoms with Gasteiger partial charge in [0, 0.05) is 0 Å². The Hall–Kier alpha value is -3.20. The molecule has 1 aliphatic heterocycles. The first-order chi connectivity index (χ1) is 11.5. The summed E-state index contributed by atoms with van der Waals surface area (Å²) in [7, 11) is 1.56. The predicted octanol–water partition coefficient (Wildman–Crippen LogP) is 2.51. The number of allylic oxidation sites excluding steroid dienone is 2. The first kappa shape index (κ1) is 17.2. The third-order valence-corrected chi connectivity index (χ3v) is 3.61. The smallest absolute Gasteiger partial charge is 0.338 e. The summed E-state index contributed by atoms with van der Waals surface area (Å²) in [6, 6.07) is 9.07. The summed E-state index contributed by atoms with van der Waals surface area (Å²) in [4.78, 5) is 12.4. The zero-order chi connectivity index (χ0) is 17.7. The van der Waals surface area contributed by atoms with Crippen molar-refractivity contribution < 1.29 is 19.0 Å². The predicted molar refractivity (Wildman–Crippen MR) is 87.5 cm³/mol. The maximum atomic E-state index is 12.4. The van der Waals surface area contributed by atoms with Gasteiger partial charge in [0.25, 0.3) is 0 Å². The Labute approximate surface area is 140 Å². The molecule has 124 valence electrons. The Balaban J connectivity index is 2.52. The second-order valence-electron chi connectivity index (χ2n) is 5.05. The Morgan fingerprint density at radius 3 is 2.67 bits per heavy atom. The van der Waals surface area contributed by atoms with Gasteiger partial charge in [-0.05, 0) is 24.6 Å². The van der Waals surface area contributed by atoms with Crippen LogP contribution < -0.4 is 10.5 Å². The van der Waals surface area contributed by atoms with E-state index in [9.17, 15) is 10.1 Å². The van der Waals surface area contributed by atoms with Crippen LogP contribution in [0.4, 0.5) is 0 Å². The van der Waals surface area contributed by atoms with E-state index in [4.69, 9.17) is 19.9 Å². The fourth-order valence-electron chi connectivity index (χ4n) is 2.49. The maximum absolute atomic E-state index is 12.4. The number of rotatable bonds is 5. The largest absolute Gasteiger partial charge is 0.497 e. The molecule has 2 rings (SSSR count). The Kier molecular flexibility index (Phi) is 5.27. The highest BCUT2D eigenvalue weighted by Crippen LogP contribution is 2.39. The zero-order valence-corrected chi connectivity index (χ0v) is 13.5. The lowest BCUT2D eigenvalue weighted by Gasteiger charge is -2.26. The SMILES string of the molecule is C=CCOC(=O)C1=C(C)OC(N)=C(C#N)[C@@H]1c1ccc(OC)cc1. The highest BCUT2D eigenvalue weighted by molar-refractivity contribution is 5.92. The lowest BCUT2D eigenvalue weighted by atomic mass is 9.83. The average Bonchev–Trinajstić information content (AvgIpc) is 2.59. The molecule has 0 aliphatic carbocycles. The van der Waals surface area contributed by atoms with Crippen LogP contribution in [0.25, 0.3) is 0 Å². The molecule has 0 unspecified atom stereocenters. The van der Waals surface area contributed by atoms with Crippen molar-refractivity contribution >= 4 is 5.97 Å². The molecule has 2 N–H and O–H groups in total. The lowest BCUT2D eigenvalue weighted by Crippen LogP contribution is -2.25. The fourth-order valence-corrected chi connectivity index (χ4v) is 2.49. The molecule has 1 aromatic rings. The van der Waals surface area contributed by atoms with Crippen molar-refractivity contribution in [2.45, 2.75) is 12.8 Å². The summed E-state index contributed by atoms with van der Waals surface area (Å²) in [5.74, 6) is -0.282. The van der Waals surface area contributed by atoms with Crippen LogP contribution >= 0.6 is 0 Å². The number of carbonyl (C=O) groups excluding carboxylic acids is 1. The van der Waals surface area contributed by atoms with Crippen LogP contribution in [0.3, 0.4) is 0 Å². The van der Waals surface area contributed by atoms with Gasteiger partial charge in [-0.3, -0.25) is 0 Å². The van der Waals surface area contributed by atoms with Crippen molar-refractivity contribution in [2.75, 3.05) is 13.7 Å². The number of hydrogen-bond acceptors (Lipinski definition) is 6. The number of carbonyl (C=O) groups is 1. The van der Waals surface area contributed by atoms with Gasteiger partial charge in [0.05, 0.1) is 18.6 Å². The molecule has 0 fully saturated rings. The summed E-state index contributed by atoms with van der Waals surface area (Å²) < 4.78 is 15.6. The first-order valence-corrected chi connectivity index (χ1v) is 7.23. The Morgan fingerprint density at radius 1 is 1.46 bits per heavy atom. The number of nitriles is 1. The molecule has 6 heteroatoms. The average molecular weight is 326 g/mol. The van der Waals surface area contributed by atoms with E-state index in [-0.39, 0.29) is 23.6 Å². The summed E-state index contributed by atoms with van der Waals surface area (Å²) >= 11 is 0. The van der Waals surface area contributed by atoms with Gasteiger partial charge < -0.3 is 19.9 Å². The van der Waals surface area contributed by atoms with E-state index in [2.05, 4.69) is 6.58 Å². The van der Waals surface area contributed by atoms with E-state index >= 15 is 0 Å². The molecule has 0 radical (unpaired) electrons. The highest BCUT2D eigenvalue weighted by Gasteiger charge is 2.36. The Bertz CT molecular complexity index is 754. The van der Waals surface area contributed by atoms with Crippen molar-refractivity contribution in [3.05, 3.63) is 65.3 Å². The van der Waals surface area contributed by atoms with Gasteiger partial charge in [-0.1, -0.05) is 24.8 Å². The van der Waals surface area contributed by atoms with Crippen LogP contribution in [-0.4, -0.2) is 19.7 Å². The third kappa shape index (κ3) is 3.25. The highest BCUT2D eigenvalue weighted by atomic mass is 16.5. The van der Waals surface area contributed by atoms with Gasteiger partial charge in [0.15, 0.2) is 0 Å². The number of nitrogens with zero attached hydrogens (tertiary/aromatic N) is 1. The molecular formula is C18H18N2O4. The molecule has 1 heterocycles. The van der Waals surface area contributed by atoms with Crippen molar-refractivity contribution in [1.29, 1.82) is 5.26 Å². The van der Waals surface area contributed by atoms with Crippen LogP contribution in [0.15, 0.2) is 59.7 Å². The second-order valence-corrected chi connectivity index (χ2v) is 5.05. The van der Waals surface area contributed by atoms with E-state index < -0.39 is 11.9 Å². The fraction of sp³-hybridized carbons (Fsp3) is 0.222. The molecule has 0 bridgehead atoms. The minimum Gasteiger partial charge on any atom is -0.497 e. The first-order valence-electron chi connectivity index (χ1n) is 7.23. The normalized spacial score (nSPS) is 17.0. The minimum atomic E-state index is -0.660. The summed E-state index contributed by atoms with van der Waals surface area (Å²) in [6.45, 7) is 5.19. The molecular weight excluding hydrogens is 308 g/mol. The van der Waals surface area contributed by atoms with Gasteiger partial charge in [-0.2, -0.15) is 5.26 Å². The molecule has 1 aromatic carbocycles. The van der Waals surface area contributed by atoms with E-state index in [1.54, 1.807) is 38.3 Å². The van der Waals surface area contributed by atoms with Crippen LogP contribution in [0.2, 0.25) is 0 Å². The summed E-state index contributed by atoms with van der Waals surface area (Å²) in [5.41, 5.74) is 6.95. The van der Waals surface area contributed by atoms with E-state index in [0.717, 1.165) is 0 Å². The topological polar surface area (TPSA) is 94.6 Å². The number of methoxy groups -OCH3 is 1. The maximum Gasteiger partial charge on any atom is 0.338 e. The number of nitrogens with two attached hydrogens (primary N) is 1. The standard InChI is InChI=1S/C18H18N2O4/c1-4-9-23-18(21)15-11(2)24-17(20)14(10-19)16(15)12-5-7-13(22-3)8-6-12/h4-8,16H,1,9,20H2,2-3H3/t16-/m0/s1. The quantitative estimate of drug-likeness (QED) is 0.660. The number of esters is 1. The molecule has 0 saturated heterocycles. The molecule has 0 aromatic heterocycles. The Morgan fingerprint density at radius 2 is 2.12 bits per heavy atom. The molecule has 1 aliphatic rings. The number of ether oxygens (including phenoxy) is 3. The van der Waals surface area contributed by atoms with Crippen molar-refractivity contribution in [3.63, 3.8) is 0 Å². The van der Waals surface area contributed by atoms with E-state index in [0.29, 0.717) is 17.1 Å². The summed E-state index contributed by atoms with van der Waals surface area (Å²) in [6.07, 6.45) is 1.47. The molecule has 1 atom stereocenters. The van der Waals surface area contributed by atoms with Crippen LogP contribution in [0, 0.1) is 11.3 Å². The van der Waals surface area contributed by atoms with Gasteiger partial charge >= 0.3 is 5.97 Å². The molecule has 24 heavy (non-hydrogen) atoms. The van der Waals surface area contributed by atoms with Crippen molar-refractivity contribution in [3.8, 4) is 11.8 Å². The van der Waals surface area contributed by atoms with Gasteiger partial charge in [-0.25, -0.2) is 4.79 Å². The van der Waals surface area contributed by atoms with Crippen LogP contribution in [0.1, 0.15) is 18.4 Å². The minimum absolute atomic E-state index is 0.0175. The van der Waals surface area contributed by atoms with Crippen molar-refractivity contribution in [1.82, 2.24) is 0 Å². The van der Waals surface area contributed by atoms with Gasteiger partial charge in [0.1, 0.15) is 29.8 Å². The number of hydrogen-bond donors (Lipinski definition) is 1. The second kappa shape index (κ2) is 7.38. The third-order valence-electron chi connectivity index (χ3n) is 3.61. The monoisotopic (exact) mass is 326 g/mol. The number of benzene rings is 1. The van der Waals surface area contributed by atoms with Gasteiger partial charge in [0.2, 0.25) is 5.88 Å². The van der Waals surface area contributed by atoms with Gasteiger partial charge in [-0.15, -0.1) is 0 Å². The molecule has 0 spiro atoms. The lowest BCUT2D eigenvalue weighted by molar-refractivity contribution is -0.138. The van der Waals surface area contributed by atoms with E-state index in [1.807, 2.05) is 6.07 Å². The van der Waals surface area contributed by atoms with E-state index in [1.165, 1.54) is 6.08 Å². The molecule has 6 nitrogen and oxygen atoms in total. The molecule has 0 amide bonds. The summed E-state index contributed by atoms with van der Waals surface area (Å²) in [5, 5.41) is 9.47. The molecule has 0 saturated carbocycles. The zero-order valence-electron chi connectivity index (χ0n) is 13.5. The van der Waals surface area contributed by atoms with Crippen LogP contribution in [-0.2, 0) is 14.3 Å². The van der Waals surface area contributed by atoms with Crippen molar-refractivity contribution in [2.24, 2.45) is 5.73 Å². The van der Waals surface area contributed by atoms with Crippen LogP contribution in [0.5, 0.6) is 5.75 Å².